The summed E-state index contributed by atoms with van der Waals surface area (Å²) in [6, 6.07) is 7.77. The predicted molar refractivity (Wildman–Crippen MR) is 121 cm³/mol. The number of nitrogens with zero attached hydrogens (tertiary/aromatic N) is 2. The summed E-state index contributed by atoms with van der Waals surface area (Å²) in [5.41, 5.74) is 1.96. The Bertz CT molecular complexity index is 871. The van der Waals surface area contributed by atoms with Gasteiger partial charge in [-0.05, 0) is 31.0 Å². The monoisotopic (exact) mass is 468 g/mol. The zero-order chi connectivity index (χ0) is 21.7. The molecule has 1 aromatic carbocycles. The molecule has 31 heavy (non-hydrogen) atoms. The summed E-state index contributed by atoms with van der Waals surface area (Å²) in [4.78, 5) is 30.2. The van der Waals surface area contributed by atoms with Crippen LogP contribution in [0.25, 0.3) is 0 Å². The van der Waals surface area contributed by atoms with Crippen molar-refractivity contribution in [1.82, 2.24) is 9.88 Å². The number of esters is 2. The summed E-state index contributed by atoms with van der Waals surface area (Å²) in [5, 5.41) is 3.05. The minimum atomic E-state index is -0.417. The number of thiazole rings is 1. The molecule has 0 spiro atoms. The second kappa shape index (κ2) is 11.5. The van der Waals surface area contributed by atoms with Crippen LogP contribution in [0.5, 0.6) is 5.75 Å². The number of halogens is 1. The molecular weight excluding hydrogens is 440 g/mol. The second-order valence-corrected chi connectivity index (χ2v) is 8.62. The van der Waals surface area contributed by atoms with Crippen LogP contribution >= 0.6 is 23.7 Å². The molecule has 1 aliphatic rings. The number of hydrogen-bond donors (Lipinski definition) is 0. The largest absolute Gasteiger partial charge is 0.482 e. The van der Waals surface area contributed by atoms with Gasteiger partial charge in [-0.25, -0.2) is 9.78 Å². The quantitative estimate of drug-likeness (QED) is 0.545. The number of ether oxygens (including phenoxy) is 3. The third kappa shape index (κ3) is 6.92. The van der Waals surface area contributed by atoms with Gasteiger partial charge < -0.3 is 14.2 Å². The summed E-state index contributed by atoms with van der Waals surface area (Å²) in [7, 11) is 1.33. The molecule has 1 fully saturated rings. The van der Waals surface area contributed by atoms with Crippen molar-refractivity contribution >= 4 is 35.7 Å². The number of cyclic esters (lactones) is 1. The highest BCUT2D eigenvalue weighted by Crippen LogP contribution is 2.28. The van der Waals surface area contributed by atoms with Crippen molar-refractivity contribution in [2.45, 2.75) is 45.3 Å². The molecule has 0 radical (unpaired) electrons. The van der Waals surface area contributed by atoms with Crippen LogP contribution in [0.3, 0.4) is 0 Å². The first-order valence-electron chi connectivity index (χ1n) is 10.0. The number of aromatic nitrogens is 1. The van der Waals surface area contributed by atoms with Gasteiger partial charge in [-0.3, -0.25) is 9.69 Å². The van der Waals surface area contributed by atoms with Gasteiger partial charge in [0.05, 0.1) is 24.4 Å². The molecule has 1 saturated heterocycles. The molecule has 2 aromatic rings. The SMILES string of the molecule is COC(=O)COc1ccc(CC(C)N2CC(=O)OC(c3csc(C(C)C)n3)C2)cc1.Cl. The molecule has 1 aliphatic heterocycles. The normalized spacial score (nSPS) is 17.6. The van der Waals surface area contributed by atoms with Crippen LogP contribution in [-0.4, -0.2) is 54.7 Å². The van der Waals surface area contributed by atoms with Crippen molar-refractivity contribution in [1.29, 1.82) is 0 Å². The van der Waals surface area contributed by atoms with E-state index in [-0.39, 0.29) is 43.7 Å². The molecule has 2 atom stereocenters. The van der Waals surface area contributed by atoms with Crippen LogP contribution in [0.2, 0.25) is 0 Å². The number of rotatable bonds is 8. The van der Waals surface area contributed by atoms with Gasteiger partial charge in [0.25, 0.3) is 0 Å². The third-order valence-electron chi connectivity index (χ3n) is 5.03. The number of methoxy groups -OCH3 is 1. The van der Waals surface area contributed by atoms with E-state index in [0.29, 0.717) is 18.2 Å². The maximum atomic E-state index is 12.2. The van der Waals surface area contributed by atoms with E-state index in [9.17, 15) is 9.59 Å². The number of hydrogen-bond acceptors (Lipinski definition) is 8. The van der Waals surface area contributed by atoms with Gasteiger partial charge >= 0.3 is 11.9 Å². The van der Waals surface area contributed by atoms with Gasteiger partial charge in [0.1, 0.15) is 5.75 Å². The zero-order valence-corrected chi connectivity index (χ0v) is 19.8. The highest BCUT2D eigenvalue weighted by Gasteiger charge is 2.32. The number of carbonyl (C=O) groups is 2. The Labute approximate surface area is 193 Å². The number of morpholine rings is 1. The van der Waals surface area contributed by atoms with Crippen LogP contribution in [-0.2, 0) is 25.5 Å². The van der Waals surface area contributed by atoms with Crippen molar-refractivity contribution < 1.29 is 23.8 Å². The minimum absolute atomic E-state index is 0. The summed E-state index contributed by atoms with van der Waals surface area (Å²) in [6.45, 7) is 7.12. The molecule has 7 nitrogen and oxygen atoms in total. The molecule has 2 heterocycles. The number of carbonyl (C=O) groups excluding carboxylic acids is 2. The Morgan fingerprint density at radius 2 is 2.00 bits per heavy atom. The van der Waals surface area contributed by atoms with Crippen molar-refractivity contribution in [2.24, 2.45) is 0 Å². The van der Waals surface area contributed by atoms with E-state index in [2.05, 4.69) is 35.4 Å². The van der Waals surface area contributed by atoms with Gasteiger partial charge in [-0.2, -0.15) is 0 Å². The van der Waals surface area contributed by atoms with E-state index in [4.69, 9.17) is 9.47 Å². The van der Waals surface area contributed by atoms with Crippen LogP contribution in [0.4, 0.5) is 0 Å². The molecular formula is C22H29ClN2O5S. The third-order valence-corrected chi connectivity index (χ3v) is 6.20. The average molecular weight is 469 g/mol. The van der Waals surface area contributed by atoms with Crippen LogP contribution in [0.15, 0.2) is 29.6 Å². The Kier molecular flexibility index (Phi) is 9.28. The first-order valence-corrected chi connectivity index (χ1v) is 10.9. The van der Waals surface area contributed by atoms with E-state index in [1.807, 2.05) is 29.6 Å². The van der Waals surface area contributed by atoms with Crippen molar-refractivity contribution in [2.75, 3.05) is 26.8 Å². The first-order chi connectivity index (χ1) is 14.4. The van der Waals surface area contributed by atoms with Gasteiger partial charge in [0, 0.05) is 23.9 Å². The van der Waals surface area contributed by atoms with Gasteiger partial charge in [-0.15, -0.1) is 23.7 Å². The van der Waals surface area contributed by atoms with Crippen molar-refractivity contribution in [3.63, 3.8) is 0 Å². The minimum Gasteiger partial charge on any atom is -0.482 e. The molecule has 2 unspecified atom stereocenters. The highest BCUT2D eigenvalue weighted by atomic mass is 35.5. The van der Waals surface area contributed by atoms with Gasteiger partial charge in [-0.1, -0.05) is 26.0 Å². The summed E-state index contributed by atoms with van der Waals surface area (Å²) in [6.07, 6.45) is 0.456. The summed E-state index contributed by atoms with van der Waals surface area (Å²) < 4.78 is 15.5. The van der Waals surface area contributed by atoms with Crippen LogP contribution in [0.1, 0.15) is 49.1 Å². The maximum absolute atomic E-state index is 12.2. The fraction of sp³-hybridized carbons (Fsp3) is 0.500. The maximum Gasteiger partial charge on any atom is 0.343 e. The van der Waals surface area contributed by atoms with Crippen molar-refractivity contribution in [3.05, 3.63) is 45.9 Å². The molecule has 0 amide bonds. The molecule has 0 saturated carbocycles. The Morgan fingerprint density at radius 1 is 1.29 bits per heavy atom. The molecule has 0 bridgehead atoms. The summed E-state index contributed by atoms with van der Waals surface area (Å²) in [5.74, 6) is 0.337. The Balaban J connectivity index is 0.00000341. The Morgan fingerprint density at radius 3 is 2.61 bits per heavy atom. The fourth-order valence-electron chi connectivity index (χ4n) is 3.27. The smallest absolute Gasteiger partial charge is 0.343 e. The predicted octanol–water partition coefficient (Wildman–Crippen LogP) is 3.77. The van der Waals surface area contributed by atoms with E-state index in [0.717, 1.165) is 22.7 Å². The lowest BCUT2D eigenvalue weighted by Crippen LogP contribution is -2.46. The van der Waals surface area contributed by atoms with Crippen LogP contribution < -0.4 is 4.74 Å². The lowest BCUT2D eigenvalue weighted by Gasteiger charge is -2.35. The molecule has 9 heteroatoms. The zero-order valence-electron chi connectivity index (χ0n) is 18.2. The average Bonchev–Trinajstić information content (AvgIpc) is 3.23. The van der Waals surface area contributed by atoms with E-state index in [1.54, 1.807) is 11.3 Å². The number of benzene rings is 1. The summed E-state index contributed by atoms with van der Waals surface area (Å²) >= 11 is 1.61. The lowest BCUT2D eigenvalue weighted by atomic mass is 10.0. The lowest BCUT2D eigenvalue weighted by molar-refractivity contribution is -0.161. The molecule has 0 N–H and O–H groups in total. The molecule has 3 rings (SSSR count). The van der Waals surface area contributed by atoms with Gasteiger partial charge in [0.2, 0.25) is 0 Å². The molecule has 170 valence electrons. The standard InChI is InChI=1S/C22H28N2O5S.ClH/c1-14(2)22-23-18(13-30-22)19-10-24(11-20(25)29-19)15(3)9-16-5-7-17(8-6-16)28-12-21(26)27-4;/h5-8,13-15,19H,9-12H2,1-4H3;1H. The topological polar surface area (TPSA) is 78.0 Å². The van der Waals surface area contributed by atoms with Crippen LogP contribution in [0, 0.1) is 0 Å². The van der Waals surface area contributed by atoms with Crippen molar-refractivity contribution in [3.8, 4) is 5.75 Å². The Hall–Kier alpha value is -2.16. The molecule has 1 aromatic heterocycles. The second-order valence-electron chi connectivity index (χ2n) is 7.74. The first kappa shape index (κ1) is 25.1. The highest BCUT2D eigenvalue weighted by molar-refractivity contribution is 7.09. The van der Waals surface area contributed by atoms with E-state index < -0.39 is 5.97 Å². The van der Waals surface area contributed by atoms with Gasteiger partial charge in [0.15, 0.2) is 12.7 Å². The molecule has 0 aliphatic carbocycles. The van der Waals surface area contributed by atoms with E-state index in [1.165, 1.54) is 7.11 Å². The fourth-order valence-corrected chi connectivity index (χ4v) is 4.15. The van der Waals surface area contributed by atoms with E-state index >= 15 is 0 Å².